The number of furan rings is 1. The zero-order chi connectivity index (χ0) is 14.8. The fourth-order valence-electron chi connectivity index (χ4n) is 1.69. The van der Waals surface area contributed by atoms with E-state index in [1.165, 1.54) is 23.2 Å². The van der Waals surface area contributed by atoms with Gasteiger partial charge in [0.2, 0.25) is 10.6 Å². The van der Waals surface area contributed by atoms with Gasteiger partial charge in [-0.25, -0.2) is 9.49 Å². The molecule has 1 aromatic carbocycles. The second-order valence-corrected chi connectivity index (χ2v) is 5.35. The van der Waals surface area contributed by atoms with E-state index in [2.05, 4.69) is 31.2 Å². The van der Waals surface area contributed by atoms with Crippen LogP contribution in [0, 0.1) is 10.6 Å². The van der Waals surface area contributed by atoms with Crippen LogP contribution in [-0.4, -0.2) is 21.1 Å². The second-order valence-electron chi connectivity index (χ2n) is 4.05. The van der Waals surface area contributed by atoms with E-state index in [0.29, 0.717) is 21.6 Å². The Labute approximate surface area is 132 Å². The molecule has 5 nitrogen and oxygen atoms in total. The van der Waals surface area contributed by atoms with Gasteiger partial charge in [-0.3, -0.25) is 0 Å². The molecule has 0 unspecified atom stereocenters. The molecule has 0 spiro atoms. The molecule has 3 aromatic rings. The van der Waals surface area contributed by atoms with E-state index in [4.69, 9.17) is 16.6 Å². The molecule has 0 radical (unpaired) electrons. The molecular weight excluding hydrogens is 359 g/mol. The number of H-pyrrole nitrogens is 1. The predicted octanol–water partition coefficient (Wildman–Crippen LogP) is 3.98. The molecule has 0 amide bonds. The van der Waals surface area contributed by atoms with Crippen LogP contribution >= 0.6 is 28.1 Å². The molecule has 0 aliphatic rings. The largest absolute Gasteiger partial charge is 0.461 e. The molecule has 0 aliphatic carbocycles. The smallest absolute Gasteiger partial charge is 0.219 e. The minimum atomic E-state index is -0.386. The molecule has 1 N–H and O–H groups in total. The van der Waals surface area contributed by atoms with Crippen molar-refractivity contribution in [2.75, 3.05) is 0 Å². The van der Waals surface area contributed by atoms with Gasteiger partial charge < -0.3 is 4.42 Å². The Balaban J connectivity index is 2.00. The van der Waals surface area contributed by atoms with Gasteiger partial charge in [-0.15, -0.1) is 5.10 Å². The first-order chi connectivity index (χ1) is 10.1. The maximum atomic E-state index is 13.8. The van der Waals surface area contributed by atoms with Crippen molar-refractivity contribution < 1.29 is 8.81 Å². The maximum Gasteiger partial charge on any atom is 0.219 e. The molecular formula is C13H8BrFN4OS. The lowest BCUT2D eigenvalue weighted by atomic mass is 10.2. The highest BCUT2D eigenvalue weighted by Crippen LogP contribution is 2.18. The highest BCUT2D eigenvalue weighted by Gasteiger charge is 2.10. The van der Waals surface area contributed by atoms with Crippen LogP contribution in [-0.2, 0) is 0 Å². The molecule has 3 rings (SSSR count). The maximum absolute atomic E-state index is 13.8. The van der Waals surface area contributed by atoms with Gasteiger partial charge in [0.05, 0.1) is 12.5 Å². The van der Waals surface area contributed by atoms with Crippen LogP contribution in [0.1, 0.15) is 5.56 Å². The summed E-state index contributed by atoms with van der Waals surface area (Å²) in [4.78, 5) is 0. The van der Waals surface area contributed by atoms with Gasteiger partial charge in [0.1, 0.15) is 5.82 Å². The van der Waals surface area contributed by atoms with Crippen LogP contribution in [0.25, 0.3) is 11.6 Å². The summed E-state index contributed by atoms with van der Waals surface area (Å²) < 4.78 is 21.3. The fourth-order valence-corrected chi connectivity index (χ4v) is 2.20. The van der Waals surface area contributed by atoms with E-state index in [1.54, 1.807) is 24.3 Å². The second kappa shape index (κ2) is 5.74. The van der Waals surface area contributed by atoms with Crippen LogP contribution in [0.3, 0.4) is 0 Å². The van der Waals surface area contributed by atoms with Gasteiger partial charge in [0, 0.05) is 10.0 Å². The van der Waals surface area contributed by atoms with Crippen molar-refractivity contribution in [3.63, 3.8) is 0 Å². The Kier molecular flexibility index (Phi) is 3.80. The molecule has 0 saturated carbocycles. The average molecular weight is 367 g/mol. The SMILES string of the molecule is Fc1cc(Br)ccc1/C=N\n1c(-c2ccco2)n[nH]c1=S. The molecule has 2 heterocycles. The first-order valence-electron chi connectivity index (χ1n) is 5.86. The summed E-state index contributed by atoms with van der Waals surface area (Å²) >= 11 is 8.31. The van der Waals surface area contributed by atoms with Crippen molar-refractivity contribution in [2.24, 2.45) is 5.10 Å². The van der Waals surface area contributed by atoms with E-state index in [-0.39, 0.29) is 10.6 Å². The molecule has 0 atom stereocenters. The third-order valence-corrected chi connectivity index (χ3v) is 3.42. The van der Waals surface area contributed by atoms with E-state index < -0.39 is 0 Å². The number of benzene rings is 1. The lowest BCUT2D eigenvalue weighted by molar-refractivity contribution is 0.573. The number of hydrogen-bond acceptors (Lipinski definition) is 4. The van der Waals surface area contributed by atoms with Gasteiger partial charge in [0.25, 0.3) is 0 Å². The Bertz CT molecular complexity index is 853. The molecule has 2 aromatic heterocycles. The van der Waals surface area contributed by atoms with Crippen LogP contribution in [0.2, 0.25) is 0 Å². The summed E-state index contributed by atoms with van der Waals surface area (Å²) in [5.41, 5.74) is 0.340. The highest BCUT2D eigenvalue weighted by atomic mass is 79.9. The van der Waals surface area contributed by atoms with E-state index in [0.717, 1.165) is 0 Å². The molecule has 0 aliphatic heterocycles. The van der Waals surface area contributed by atoms with Crippen molar-refractivity contribution in [2.45, 2.75) is 0 Å². The lowest BCUT2D eigenvalue weighted by Gasteiger charge is -1.99. The third kappa shape index (κ3) is 2.86. The normalized spacial score (nSPS) is 11.3. The van der Waals surface area contributed by atoms with Gasteiger partial charge >= 0.3 is 0 Å². The molecule has 106 valence electrons. The van der Waals surface area contributed by atoms with Crippen LogP contribution in [0.4, 0.5) is 4.39 Å². The third-order valence-electron chi connectivity index (χ3n) is 2.67. The van der Waals surface area contributed by atoms with Gasteiger partial charge in [0.15, 0.2) is 5.76 Å². The fraction of sp³-hybridized carbons (Fsp3) is 0. The summed E-state index contributed by atoms with van der Waals surface area (Å²) in [7, 11) is 0. The number of aromatic nitrogens is 3. The van der Waals surface area contributed by atoms with Crippen molar-refractivity contribution in [1.82, 2.24) is 14.9 Å². The summed E-state index contributed by atoms with van der Waals surface area (Å²) in [6.07, 6.45) is 2.90. The summed E-state index contributed by atoms with van der Waals surface area (Å²) in [5, 5.41) is 10.8. The summed E-state index contributed by atoms with van der Waals surface area (Å²) in [5.74, 6) is 0.539. The van der Waals surface area contributed by atoms with Crippen molar-refractivity contribution in [1.29, 1.82) is 0 Å². The van der Waals surface area contributed by atoms with E-state index in [1.807, 2.05) is 0 Å². The monoisotopic (exact) mass is 366 g/mol. The number of halogens is 2. The Morgan fingerprint density at radius 3 is 3.00 bits per heavy atom. The number of rotatable bonds is 3. The summed E-state index contributed by atoms with van der Waals surface area (Å²) in [6.45, 7) is 0. The van der Waals surface area contributed by atoms with Gasteiger partial charge in [-0.1, -0.05) is 15.9 Å². The predicted molar refractivity (Wildman–Crippen MR) is 82.2 cm³/mol. The Morgan fingerprint density at radius 1 is 1.43 bits per heavy atom. The quantitative estimate of drug-likeness (QED) is 0.563. The van der Waals surface area contributed by atoms with Crippen molar-refractivity contribution in [3.05, 3.63) is 57.2 Å². The van der Waals surface area contributed by atoms with Crippen LogP contribution in [0.15, 0.2) is 50.6 Å². The van der Waals surface area contributed by atoms with Gasteiger partial charge in [-0.05, 0) is 42.5 Å². The standard InChI is InChI=1S/C13H8BrFN4OS/c14-9-4-3-8(10(15)6-9)7-16-19-12(17-18-13(19)21)11-2-1-5-20-11/h1-7H,(H,18,21)/b16-7-. The van der Waals surface area contributed by atoms with E-state index >= 15 is 0 Å². The zero-order valence-corrected chi connectivity index (χ0v) is 12.9. The average Bonchev–Trinajstić information content (AvgIpc) is 3.08. The minimum absolute atomic E-state index is 0.287. The molecule has 8 heteroatoms. The van der Waals surface area contributed by atoms with E-state index in [9.17, 15) is 4.39 Å². The zero-order valence-electron chi connectivity index (χ0n) is 10.5. The number of hydrogen-bond donors (Lipinski definition) is 1. The van der Waals surface area contributed by atoms with Crippen molar-refractivity contribution >= 4 is 34.4 Å². The highest BCUT2D eigenvalue weighted by molar-refractivity contribution is 9.10. The first-order valence-corrected chi connectivity index (χ1v) is 7.06. The first kappa shape index (κ1) is 13.9. The van der Waals surface area contributed by atoms with Gasteiger partial charge in [-0.2, -0.15) is 9.78 Å². The summed E-state index contributed by atoms with van der Waals surface area (Å²) in [6, 6.07) is 8.17. The minimum Gasteiger partial charge on any atom is -0.461 e. The molecule has 0 bridgehead atoms. The Hall–Kier alpha value is -2.06. The molecule has 0 fully saturated rings. The number of nitrogens with zero attached hydrogens (tertiary/aromatic N) is 3. The lowest BCUT2D eigenvalue weighted by Crippen LogP contribution is -1.95. The van der Waals surface area contributed by atoms with Crippen LogP contribution in [0.5, 0.6) is 0 Å². The van der Waals surface area contributed by atoms with Crippen LogP contribution < -0.4 is 0 Å². The topological polar surface area (TPSA) is 59.1 Å². The number of aromatic amines is 1. The van der Waals surface area contributed by atoms with Crippen molar-refractivity contribution in [3.8, 4) is 11.6 Å². The Morgan fingerprint density at radius 2 is 2.29 bits per heavy atom. The molecule has 21 heavy (non-hydrogen) atoms. The molecule has 0 saturated heterocycles. The number of nitrogens with one attached hydrogen (secondary N) is 1.